The fourth-order valence-corrected chi connectivity index (χ4v) is 2.55. The summed E-state index contributed by atoms with van der Waals surface area (Å²) in [6.45, 7) is 1.16. The molecule has 2 heterocycles. The SMILES string of the molecule is COc1cc(OC)cc(C(=O)N2CCc3ncncc3C2)c1. The van der Waals surface area contributed by atoms with E-state index in [0.29, 0.717) is 30.2 Å². The summed E-state index contributed by atoms with van der Waals surface area (Å²) in [7, 11) is 3.13. The molecule has 114 valence electrons. The van der Waals surface area contributed by atoms with Gasteiger partial charge in [0.05, 0.1) is 19.9 Å². The standard InChI is InChI=1S/C16H17N3O3/c1-21-13-5-11(6-14(7-13)22-2)16(20)19-4-3-15-12(9-19)8-17-10-18-15/h5-8,10H,3-4,9H2,1-2H3. The molecule has 0 bridgehead atoms. The number of hydrogen-bond acceptors (Lipinski definition) is 5. The minimum Gasteiger partial charge on any atom is -0.497 e. The van der Waals surface area contributed by atoms with Crippen molar-refractivity contribution in [3.63, 3.8) is 0 Å². The maximum Gasteiger partial charge on any atom is 0.254 e. The molecule has 0 spiro atoms. The summed E-state index contributed by atoms with van der Waals surface area (Å²) in [5.41, 5.74) is 2.57. The van der Waals surface area contributed by atoms with Crippen molar-refractivity contribution in [3.8, 4) is 11.5 Å². The maximum atomic E-state index is 12.7. The zero-order valence-corrected chi connectivity index (χ0v) is 12.6. The van der Waals surface area contributed by atoms with Gasteiger partial charge in [0.1, 0.15) is 17.8 Å². The number of ether oxygens (including phenoxy) is 2. The van der Waals surface area contributed by atoms with Crippen molar-refractivity contribution < 1.29 is 14.3 Å². The zero-order chi connectivity index (χ0) is 15.5. The minimum atomic E-state index is -0.0493. The number of nitrogens with zero attached hydrogens (tertiary/aromatic N) is 3. The van der Waals surface area contributed by atoms with Crippen LogP contribution in [-0.2, 0) is 13.0 Å². The molecular formula is C16H17N3O3. The van der Waals surface area contributed by atoms with Gasteiger partial charge in [-0.05, 0) is 12.1 Å². The molecule has 1 aliphatic heterocycles. The van der Waals surface area contributed by atoms with E-state index in [-0.39, 0.29) is 5.91 Å². The van der Waals surface area contributed by atoms with Crippen LogP contribution in [0.4, 0.5) is 0 Å². The molecule has 0 aliphatic carbocycles. The number of fused-ring (bicyclic) bond motifs is 1. The van der Waals surface area contributed by atoms with E-state index >= 15 is 0 Å². The van der Waals surface area contributed by atoms with Gasteiger partial charge in [0.2, 0.25) is 0 Å². The molecule has 2 aromatic rings. The van der Waals surface area contributed by atoms with Crippen molar-refractivity contribution in [2.75, 3.05) is 20.8 Å². The number of benzene rings is 1. The van der Waals surface area contributed by atoms with Gasteiger partial charge >= 0.3 is 0 Å². The Morgan fingerprint density at radius 2 is 1.91 bits per heavy atom. The summed E-state index contributed by atoms with van der Waals surface area (Å²) < 4.78 is 10.4. The first-order chi connectivity index (χ1) is 10.7. The van der Waals surface area contributed by atoms with Crippen LogP contribution < -0.4 is 9.47 Å². The Labute approximate surface area is 128 Å². The Hall–Kier alpha value is -2.63. The van der Waals surface area contributed by atoms with E-state index in [0.717, 1.165) is 17.7 Å². The highest BCUT2D eigenvalue weighted by Gasteiger charge is 2.23. The van der Waals surface area contributed by atoms with Gasteiger partial charge in [0.25, 0.3) is 5.91 Å². The topological polar surface area (TPSA) is 64.6 Å². The fraction of sp³-hybridized carbons (Fsp3) is 0.312. The number of rotatable bonds is 3. The van der Waals surface area contributed by atoms with Crippen LogP contribution in [0.5, 0.6) is 11.5 Å². The number of carbonyl (C=O) groups excluding carboxylic acids is 1. The van der Waals surface area contributed by atoms with Gasteiger partial charge in [-0.3, -0.25) is 4.79 Å². The molecule has 0 radical (unpaired) electrons. The molecule has 1 aromatic carbocycles. The van der Waals surface area contributed by atoms with E-state index in [1.54, 1.807) is 49.8 Å². The van der Waals surface area contributed by atoms with Crippen molar-refractivity contribution in [1.82, 2.24) is 14.9 Å². The summed E-state index contributed by atoms with van der Waals surface area (Å²) in [6, 6.07) is 5.19. The predicted octanol–water partition coefficient (Wildman–Crippen LogP) is 1.69. The van der Waals surface area contributed by atoms with Crippen LogP contribution in [0.2, 0.25) is 0 Å². The Morgan fingerprint density at radius 3 is 2.59 bits per heavy atom. The van der Waals surface area contributed by atoms with E-state index in [9.17, 15) is 4.79 Å². The summed E-state index contributed by atoms with van der Waals surface area (Å²) in [5.74, 6) is 1.15. The number of hydrogen-bond donors (Lipinski definition) is 0. The van der Waals surface area contributed by atoms with Gasteiger partial charge in [-0.25, -0.2) is 9.97 Å². The van der Waals surface area contributed by atoms with Crippen LogP contribution >= 0.6 is 0 Å². The lowest BCUT2D eigenvalue weighted by Crippen LogP contribution is -2.36. The third-order valence-electron chi connectivity index (χ3n) is 3.75. The van der Waals surface area contributed by atoms with Gasteiger partial charge < -0.3 is 14.4 Å². The molecule has 3 rings (SSSR count). The average Bonchev–Trinajstić information content (AvgIpc) is 2.60. The molecule has 1 aliphatic rings. The first-order valence-electron chi connectivity index (χ1n) is 7.01. The highest BCUT2D eigenvalue weighted by molar-refractivity contribution is 5.95. The number of amides is 1. The summed E-state index contributed by atoms with van der Waals surface area (Å²) in [4.78, 5) is 22.8. The highest BCUT2D eigenvalue weighted by Crippen LogP contribution is 2.25. The van der Waals surface area contributed by atoms with Crippen LogP contribution in [0.3, 0.4) is 0 Å². The Morgan fingerprint density at radius 1 is 1.18 bits per heavy atom. The van der Waals surface area contributed by atoms with Crippen LogP contribution in [0.1, 0.15) is 21.6 Å². The highest BCUT2D eigenvalue weighted by atomic mass is 16.5. The third-order valence-corrected chi connectivity index (χ3v) is 3.75. The second-order valence-corrected chi connectivity index (χ2v) is 5.07. The smallest absolute Gasteiger partial charge is 0.254 e. The van der Waals surface area contributed by atoms with Crippen molar-refractivity contribution in [1.29, 1.82) is 0 Å². The maximum absolute atomic E-state index is 12.7. The van der Waals surface area contributed by atoms with Crippen LogP contribution in [0, 0.1) is 0 Å². The average molecular weight is 299 g/mol. The van der Waals surface area contributed by atoms with E-state index in [1.165, 1.54) is 0 Å². The Kier molecular flexibility index (Phi) is 3.91. The summed E-state index contributed by atoms with van der Waals surface area (Å²) in [6.07, 6.45) is 4.06. The van der Waals surface area contributed by atoms with Gasteiger partial charge in [0, 0.05) is 42.9 Å². The van der Waals surface area contributed by atoms with Crippen molar-refractivity contribution in [2.45, 2.75) is 13.0 Å². The van der Waals surface area contributed by atoms with Crippen LogP contribution in [-0.4, -0.2) is 41.5 Å². The Balaban J connectivity index is 1.86. The molecule has 6 heteroatoms. The van der Waals surface area contributed by atoms with E-state index in [4.69, 9.17) is 9.47 Å². The first-order valence-corrected chi connectivity index (χ1v) is 7.01. The number of methoxy groups -OCH3 is 2. The van der Waals surface area contributed by atoms with Gasteiger partial charge in [0.15, 0.2) is 0 Å². The summed E-state index contributed by atoms with van der Waals surface area (Å²) in [5, 5.41) is 0. The van der Waals surface area contributed by atoms with E-state index in [2.05, 4.69) is 9.97 Å². The quantitative estimate of drug-likeness (QED) is 0.863. The van der Waals surface area contributed by atoms with Crippen LogP contribution in [0.15, 0.2) is 30.7 Å². The van der Waals surface area contributed by atoms with E-state index < -0.39 is 0 Å². The molecule has 0 N–H and O–H groups in total. The summed E-state index contributed by atoms with van der Waals surface area (Å²) >= 11 is 0. The van der Waals surface area contributed by atoms with Gasteiger partial charge in [-0.15, -0.1) is 0 Å². The lowest BCUT2D eigenvalue weighted by atomic mass is 10.1. The molecule has 0 fully saturated rings. The third kappa shape index (κ3) is 2.72. The van der Waals surface area contributed by atoms with Gasteiger partial charge in [-0.1, -0.05) is 0 Å². The lowest BCUT2D eigenvalue weighted by molar-refractivity contribution is 0.0732. The van der Waals surface area contributed by atoms with Crippen molar-refractivity contribution >= 4 is 5.91 Å². The fourth-order valence-electron chi connectivity index (χ4n) is 2.55. The largest absolute Gasteiger partial charge is 0.497 e. The molecule has 0 atom stereocenters. The van der Waals surface area contributed by atoms with Crippen molar-refractivity contribution in [2.24, 2.45) is 0 Å². The molecule has 1 amide bonds. The monoisotopic (exact) mass is 299 g/mol. The van der Waals surface area contributed by atoms with E-state index in [1.807, 2.05) is 0 Å². The predicted molar refractivity (Wildman–Crippen MR) is 80.0 cm³/mol. The van der Waals surface area contributed by atoms with Crippen LogP contribution in [0.25, 0.3) is 0 Å². The Bertz CT molecular complexity index is 681. The normalized spacial score (nSPS) is 13.5. The molecule has 6 nitrogen and oxygen atoms in total. The molecular weight excluding hydrogens is 282 g/mol. The number of aromatic nitrogens is 2. The molecule has 0 saturated carbocycles. The second-order valence-electron chi connectivity index (χ2n) is 5.07. The minimum absolute atomic E-state index is 0.0493. The molecule has 1 aromatic heterocycles. The van der Waals surface area contributed by atoms with Gasteiger partial charge in [-0.2, -0.15) is 0 Å². The second kappa shape index (κ2) is 6.01. The van der Waals surface area contributed by atoms with Crippen molar-refractivity contribution in [3.05, 3.63) is 47.5 Å². The zero-order valence-electron chi connectivity index (χ0n) is 12.6. The molecule has 0 unspecified atom stereocenters. The number of carbonyl (C=O) groups is 1. The lowest BCUT2D eigenvalue weighted by Gasteiger charge is -2.28. The first kappa shape index (κ1) is 14.3. The molecule has 0 saturated heterocycles. The molecule has 22 heavy (non-hydrogen) atoms.